The number of nitrogens with two attached hydrogens (primary N) is 1. The van der Waals surface area contributed by atoms with Gasteiger partial charge < -0.3 is 5.73 Å². The third kappa shape index (κ3) is 3.06. The van der Waals surface area contributed by atoms with Gasteiger partial charge in [-0.2, -0.15) is 5.10 Å². The molecule has 0 bridgehead atoms. The average molecular weight is 357 g/mol. The fourth-order valence-electron chi connectivity index (χ4n) is 3.99. The Kier molecular flexibility index (Phi) is 5.86. The lowest BCUT2D eigenvalue weighted by atomic mass is 9.84. The molecule has 1 aliphatic rings. The molecule has 0 amide bonds. The first-order chi connectivity index (χ1) is 10.1. The van der Waals surface area contributed by atoms with Gasteiger partial charge in [0.15, 0.2) is 0 Å². The number of halogens is 1. The maximum absolute atomic E-state index is 6.83. The Labute approximate surface area is 137 Å². The number of hydrogen-bond acceptors (Lipinski definition) is 3. The molecule has 5 heteroatoms. The molecule has 1 aromatic heterocycles. The van der Waals surface area contributed by atoms with Crippen molar-refractivity contribution in [2.75, 3.05) is 13.1 Å². The molecule has 1 aromatic rings. The molecule has 0 spiro atoms. The molecule has 120 valence electrons. The number of aryl methyl sites for hydroxylation is 1. The van der Waals surface area contributed by atoms with E-state index < -0.39 is 0 Å². The van der Waals surface area contributed by atoms with E-state index in [1.54, 1.807) is 0 Å². The van der Waals surface area contributed by atoms with E-state index in [2.05, 4.69) is 51.4 Å². The highest BCUT2D eigenvalue weighted by atomic mass is 79.9. The van der Waals surface area contributed by atoms with Crippen LogP contribution in [0.2, 0.25) is 0 Å². The Morgan fingerprint density at radius 1 is 1.33 bits per heavy atom. The lowest BCUT2D eigenvalue weighted by molar-refractivity contribution is 0.0737. The highest BCUT2D eigenvalue weighted by Crippen LogP contribution is 2.44. The molecule has 1 saturated carbocycles. The minimum atomic E-state index is 0.0170. The van der Waals surface area contributed by atoms with Crippen molar-refractivity contribution >= 4 is 15.9 Å². The van der Waals surface area contributed by atoms with Crippen molar-refractivity contribution in [2.24, 2.45) is 5.73 Å². The van der Waals surface area contributed by atoms with Crippen LogP contribution in [0.3, 0.4) is 0 Å². The SMILES string of the molecule is CCCn1ncc(Br)c1C(N)C1(N(CC)CC)CCCC1. The standard InChI is InChI=1S/C16H29BrN4/c1-4-11-21-14(13(17)12-19-21)15(18)16(9-7-8-10-16)20(5-2)6-3/h12,15H,4-11,18H2,1-3H3. The zero-order chi connectivity index (χ0) is 15.5. The molecule has 1 aliphatic carbocycles. The van der Waals surface area contributed by atoms with Crippen LogP contribution >= 0.6 is 15.9 Å². The highest BCUT2D eigenvalue weighted by molar-refractivity contribution is 9.10. The highest BCUT2D eigenvalue weighted by Gasteiger charge is 2.45. The van der Waals surface area contributed by atoms with E-state index in [9.17, 15) is 0 Å². The molecule has 1 unspecified atom stereocenters. The van der Waals surface area contributed by atoms with Gasteiger partial charge in [-0.25, -0.2) is 0 Å². The van der Waals surface area contributed by atoms with Crippen LogP contribution in [0.1, 0.15) is 64.6 Å². The Morgan fingerprint density at radius 2 is 1.95 bits per heavy atom. The first-order valence-corrected chi connectivity index (χ1v) is 9.11. The molecule has 0 saturated heterocycles. The Morgan fingerprint density at radius 3 is 2.48 bits per heavy atom. The number of likely N-dealkylation sites (N-methyl/N-ethyl adjacent to an activating group) is 1. The van der Waals surface area contributed by atoms with Gasteiger partial charge in [-0.1, -0.05) is 33.6 Å². The lowest BCUT2D eigenvalue weighted by Gasteiger charge is -2.45. The second-order valence-electron chi connectivity index (χ2n) is 6.06. The van der Waals surface area contributed by atoms with Crippen molar-refractivity contribution < 1.29 is 0 Å². The first kappa shape index (κ1) is 17.0. The van der Waals surface area contributed by atoms with Gasteiger partial charge in [0, 0.05) is 12.1 Å². The second kappa shape index (κ2) is 7.25. The number of hydrogen-bond donors (Lipinski definition) is 1. The van der Waals surface area contributed by atoms with Crippen LogP contribution in [0, 0.1) is 0 Å². The van der Waals surface area contributed by atoms with Gasteiger partial charge in [-0.15, -0.1) is 0 Å². The minimum absolute atomic E-state index is 0.0170. The smallest absolute Gasteiger partial charge is 0.0712 e. The third-order valence-corrected chi connectivity index (χ3v) is 5.62. The molecular formula is C16H29BrN4. The zero-order valence-corrected chi connectivity index (χ0v) is 15.2. The summed E-state index contributed by atoms with van der Waals surface area (Å²) in [6.07, 6.45) is 7.93. The Hall–Kier alpha value is -0.390. The van der Waals surface area contributed by atoms with Crippen LogP contribution in [-0.4, -0.2) is 33.3 Å². The first-order valence-electron chi connectivity index (χ1n) is 8.32. The summed E-state index contributed by atoms with van der Waals surface area (Å²) < 4.78 is 3.15. The van der Waals surface area contributed by atoms with Crippen molar-refractivity contribution in [1.82, 2.24) is 14.7 Å². The summed E-state index contributed by atoms with van der Waals surface area (Å²) in [6.45, 7) is 9.72. The molecule has 21 heavy (non-hydrogen) atoms. The van der Waals surface area contributed by atoms with E-state index in [4.69, 9.17) is 5.73 Å². The Bertz CT molecular complexity index is 447. The maximum Gasteiger partial charge on any atom is 0.0712 e. The predicted octanol–water partition coefficient (Wildman–Crippen LogP) is 3.71. The van der Waals surface area contributed by atoms with E-state index in [1.165, 1.54) is 31.4 Å². The summed E-state index contributed by atoms with van der Waals surface area (Å²) in [5.74, 6) is 0. The molecule has 0 radical (unpaired) electrons. The number of aromatic nitrogens is 2. The van der Waals surface area contributed by atoms with Crippen molar-refractivity contribution in [2.45, 2.75) is 71.0 Å². The monoisotopic (exact) mass is 356 g/mol. The topological polar surface area (TPSA) is 47.1 Å². The largest absolute Gasteiger partial charge is 0.321 e. The average Bonchev–Trinajstić information content (AvgIpc) is 3.09. The zero-order valence-electron chi connectivity index (χ0n) is 13.6. The summed E-state index contributed by atoms with van der Waals surface area (Å²) in [6, 6.07) is 0.0170. The molecular weight excluding hydrogens is 328 g/mol. The van der Waals surface area contributed by atoms with E-state index >= 15 is 0 Å². The molecule has 1 heterocycles. The van der Waals surface area contributed by atoms with E-state index in [0.29, 0.717) is 0 Å². The molecule has 1 fully saturated rings. The molecule has 2 N–H and O–H groups in total. The van der Waals surface area contributed by atoms with E-state index in [-0.39, 0.29) is 11.6 Å². The second-order valence-corrected chi connectivity index (χ2v) is 6.92. The van der Waals surface area contributed by atoms with Gasteiger partial charge in [0.1, 0.15) is 0 Å². The van der Waals surface area contributed by atoms with Crippen LogP contribution in [0.15, 0.2) is 10.7 Å². The summed E-state index contributed by atoms with van der Waals surface area (Å²) in [5, 5.41) is 4.51. The fourth-order valence-corrected chi connectivity index (χ4v) is 4.53. The Balaban J connectivity index is 2.39. The van der Waals surface area contributed by atoms with Gasteiger partial charge in [0.25, 0.3) is 0 Å². The van der Waals surface area contributed by atoms with Crippen molar-refractivity contribution in [3.63, 3.8) is 0 Å². The molecule has 4 nitrogen and oxygen atoms in total. The summed E-state index contributed by atoms with van der Waals surface area (Å²) in [5.41, 5.74) is 8.10. The van der Waals surface area contributed by atoms with Gasteiger partial charge in [0.2, 0.25) is 0 Å². The van der Waals surface area contributed by atoms with Gasteiger partial charge in [-0.3, -0.25) is 9.58 Å². The number of nitrogens with zero attached hydrogens (tertiary/aromatic N) is 3. The van der Waals surface area contributed by atoms with Gasteiger partial charge in [0.05, 0.1) is 22.4 Å². The van der Waals surface area contributed by atoms with Gasteiger partial charge >= 0.3 is 0 Å². The van der Waals surface area contributed by atoms with Crippen molar-refractivity contribution in [3.05, 3.63) is 16.4 Å². The summed E-state index contributed by atoms with van der Waals surface area (Å²) in [7, 11) is 0. The molecule has 0 aromatic carbocycles. The maximum atomic E-state index is 6.83. The van der Waals surface area contributed by atoms with Crippen LogP contribution in [0.25, 0.3) is 0 Å². The summed E-state index contributed by atoms with van der Waals surface area (Å²) >= 11 is 3.67. The third-order valence-electron chi connectivity index (χ3n) is 5.00. The van der Waals surface area contributed by atoms with Crippen LogP contribution < -0.4 is 5.73 Å². The fraction of sp³-hybridized carbons (Fsp3) is 0.812. The predicted molar refractivity (Wildman–Crippen MR) is 91.3 cm³/mol. The van der Waals surface area contributed by atoms with E-state index in [0.717, 1.165) is 30.5 Å². The van der Waals surface area contributed by atoms with Crippen LogP contribution in [0.5, 0.6) is 0 Å². The van der Waals surface area contributed by atoms with Crippen molar-refractivity contribution in [3.8, 4) is 0 Å². The normalized spacial score (nSPS) is 19.3. The minimum Gasteiger partial charge on any atom is -0.321 e. The number of rotatable bonds is 7. The van der Waals surface area contributed by atoms with Crippen LogP contribution in [-0.2, 0) is 6.54 Å². The van der Waals surface area contributed by atoms with Gasteiger partial charge in [-0.05, 0) is 48.3 Å². The van der Waals surface area contributed by atoms with Crippen molar-refractivity contribution in [1.29, 1.82) is 0 Å². The molecule has 2 rings (SSSR count). The van der Waals surface area contributed by atoms with E-state index in [1.807, 2.05) is 6.20 Å². The molecule has 0 aliphatic heterocycles. The van der Waals surface area contributed by atoms with Crippen LogP contribution in [0.4, 0.5) is 0 Å². The molecule has 1 atom stereocenters. The summed E-state index contributed by atoms with van der Waals surface area (Å²) in [4.78, 5) is 2.57. The lowest BCUT2D eigenvalue weighted by Crippen LogP contribution is -2.54. The quantitative estimate of drug-likeness (QED) is 0.809.